The van der Waals surface area contributed by atoms with Gasteiger partial charge in [0.2, 0.25) is 5.89 Å². The van der Waals surface area contributed by atoms with Gasteiger partial charge in [0, 0.05) is 6.42 Å². The molecule has 4 saturated carbocycles. The Kier molecular flexibility index (Phi) is 2.69. The summed E-state index contributed by atoms with van der Waals surface area (Å²) < 4.78 is 5.24. The minimum absolute atomic E-state index is 0.0148. The van der Waals surface area contributed by atoms with Crippen LogP contribution < -0.4 is 5.73 Å². The van der Waals surface area contributed by atoms with Crippen LogP contribution >= 0.6 is 0 Å². The molecular formula is C15H23N3O. The fourth-order valence-corrected chi connectivity index (χ4v) is 5.27. The van der Waals surface area contributed by atoms with Crippen molar-refractivity contribution in [2.24, 2.45) is 35.3 Å². The first-order valence-electron chi connectivity index (χ1n) is 7.82. The van der Waals surface area contributed by atoms with Gasteiger partial charge in [0.15, 0.2) is 5.82 Å². The summed E-state index contributed by atoms with van der Waals surface area (Å²) in [5.74, 6) is 5.66. The third-order valence-corrected chi connectivity index (χ3v) is 5.80. The second kappa shape index (κ2) is 4.30. The Balaban J connectivity index is 1.58. The summed E-state index contributed by atoms with van der Waals surface area (Å²) >= 11 is 0. The smallest absolute Gasteiger partial charge is 0.226 e. The second-order valence-corrected chi connectivity index (χ2v) is 6.93. The lowest BCUT2D eigenvalue weighted by Gasteiger charge is -2.55. The molecule has 4 aliphatic carbocycles. The van der Waals surface area contributed by atoms with E-state index >= 15 is 0 Å². The van der Waals surface area contributed by atoms with Gasteiger partial charge in [-0.15, -0.1) is 0 Å². The summed E-state index contributed by atoms with van der Waals surface area (Å²) in [6.45, 7) is 2.03. The fourth-order valence-electron chi connectivity index (χ4n) is 5.27. The number of aryl methyl sites for hydroxylation is 1. The highest BCUT2D eigenvalue weighted by molar-refractivity contribution is 5.06. The molecule has 1 unspecified atom stereocenters. The highest BCUT2D eigenvalue weighted by Gasteiger charge is 2.50. The van der Waals surface area contributed by atoms with E-state index in [1.807, 2.05) is 6.92 Å². The summed E-state index contributed by atoms with van der Waals surface area (Å²) in [5.41, 5.74) is 6.50. The van der Waals surface area contributed by atoms with E-state index in [2.05, 4.69) is 10.1 Å². The van der Waals surface area contributed by atoms with Gasteiger partial charge < -0.3 is 10.3 Å². The third-order valence-electron chi connectivity index (χ3n) is 5.80. The maximum atomic E-state index is 6.50. The lowest BCUT2D eigenvalue weighted by molar-refractivity contribution is -0.0484. The second-order valence-electron chi connectivity index (χ2n) is 6.93. The molecule has 104 valence electrons. The SMILES string of the molecule is CCc1nc(C(N)C2C3CC4CC(C3)CC2C4)no1. The van der Waals surface area contributed by atoms with Crippen LogP contribution in [0.5, 0.6) is 0 Å². The van der Waals surface area contributed by atoms with Crippen LogP contribution in [0.1, 0.15) is 56.8 Å². The molecule has 0 aliphatic heterocycles. The lowest BCUT2D eigenvalue weighted by Crippen LogP contribution is -2.48. The molecule has 0 radical (unpaired) electrons. The maximum Gasteiger partial charge on any atom is 0.226 e. The number of hydrogen-bond acceptors (Lipinski definition) is 4. The van der Waals surface area contributed by atoms with Crippen LogP contribution in [-0.4, -0.2) is 10.1 Å². The Bertz CT molecular complexity index is 442. The van der Waals surface area contributed by atoms with Crippen LogP contribution in [0.25, 0.3) is 0 Å². The first-order valence-corrected chi connectivity index (χ1v) is 7.82. The van der Waals surface area contributed by atoms with Gasteiger partial charge in [0.05, 0.1) is 6.04 Å². The van der Waals surface area contributed by atoms with Crippen molar-refractivity contribution in [2.45, 2.75) is 51.5 Å². The molecule has 0 spiro atoms. The molecule has 1 atom stereocenters. The lowest BCUT2D eigenvalue weighted by atomic mass is 9.50. The molecule has 1 heterocycles. The van der Waals surface area contributed by atoms with Gasteiger partial charge in [-0.25, -0.2) is 0 Å². The minimum Gasteiger partial charge on any atom is -0.339 e. The van der Waals surface area contributed by atoms with Crippen molar-refractivity contribution in [1.29, 1.82) is 0 Å². The van der Waals surface area contributed by atoms with Crippen molar-refractivity contribution in [3.8, 4) is 0 Å². The predicted octanol–water partition coefficient (Wildman–Crippen LogP) is 2.70. The van der Waals surface area contributed by atoms with E-state index in [9.17, 15) is 0 Å². The number of rotatable bonds is 3. The molecule has 2 N–H and O–H groups in total. The summed E-state index contributed by atoms with van der Waals surface area (Å²) in [6, 6.07) is -0.0148. The van der Waals surface area contributed by atoms with Crippen molar-refractivity contribution in [2.75, 3.05) is 0 Å². The van der Waals surface area contributed by atoms with E-state index in [0.29, 0.717) is 11.8 Å². The van der Waals surface area contributed by atoms with E-state index in [1.54, 1.807) is 0 Å². The molecule has 4 fully saturated rings. The Morgan fingerprint density at radius 1 is 1.16 bits per heavy atom. The quantitative estimate of drug-likeness (QED) is 0.908. The van der Waals surface area contributed by atoms with E-state index < -0.39 is 0 Å². The molecule has 1 aromatic heterocycles. The van der Waals surface area contributed by atoms with E-state index in [4.69, 9.17) is 10.3 Å². The average Bonchev–Trinajstić information content (AvgIpc) is 2.86. The molecule has 19 heavy (non-hydrogen) atoms. The molecular weight excluding hydrogens is 238 g/mol. The maximum absolute atomic E-state index is 6.50. The van der Waals surface area contributed by atoms with Crippen molar-refractivity contribution >= 4 is 0 Å². The Hall–Kier alpha value is -0.900. The molecule has 4 aliphatic rings. The van der Waals surface area contributed by atoms with Gasteiger partial charge in [-0.05, 0) is 61.7 Å². The van der Waals surface area contributed by atoms with Crippen LogP contribution in [0, 0.1) is 29.6 Å². The zero-order valence-corrected chi connectivity index (χ0v) is 11.6. The van der Waals surface area contributed by atoms with Gasteiger partial charge >= 0.3 is 0 Å². The third kappa shape index (κ3) is 1.83. The Morgan fingerprint density at radius 2 is 1.79 bits per heavy atom. The van der Waals surface area contributed by atoms with Crippen molar-refractivity contribution in [3.05, 3.63) is 11.7 Å². The Morgan fingerprint density at radius 3 is 2.32 bits per heavy atom. The standard InChI is InChI=1S/C15H23N3O/c1-2-12-17-15(18-19-12)14(16)13-10-4-8-3-9(6-10)7-11(13)5-8/h8-11,13-14H,2-7,16H2,1H3. The van der Waals surface area contributed by atoms with Crippen molar-refractivity contribution < 1.29 is 4.52 Å². The van der Waals surface area contributed by atoms with Crippen LogP contribution in [0.15, 0.2) is 4.52 Å². The van der Waals surface area contributed by atoms with E-state index in [-0.39, 0.29) is 6.04 Å². The first kappa shape index (κ1) is 11.9. The monoisotopic (exact) mass is 261 g/mol. The summed E-state index contributed by atoms with van der Waals surface area (Å²) in [7, 11) is 0. The fraction of sp³-hybridized carbons (Fsp3) is 0.867. The zero-order valence-electron chi connectivity index (χ0n) is 11.6. The number of hydrogen-bond donors (Lipinski definition) is 1. The molecule has 0 aromatic carbocycles. The summed E-state index contributed by atoms with van der Waals surface area (Å²) in [6.07, 6.45) is 7.85. The number of aromatic nitrogens is 2. The average molecular weight is 261 g/mol. The van der Waals surface area contributed by atoms with Crippen molar-refractivity contribution in [3.63, 3.8) is 0 Å². The van der Waals surface area contributed by atoms with E-state index in [0.717, 1.165) is 35.9 Å². The predicted molar refractivity (Wildman–Crippen MR) is 71.1 cm³/mol. The number of nitrogens with two attached hydrogens (primary N) is 1. The first-order chi connectivity index (χ1) is 9.24. The van der Waals surface area contributed by atoms with Gasteiger partial charge in [0.25, 0.3) is 0 Å². The topological polar surface area (TPSA) is 64.9 Å². The summed E-state index contributed by atoms with van der Waals surface area (Å²) in [5, 5.41) is 4.11. The van der Waals surface area contributed by atoms with Gasteiger partial charge in [-0.3, -0.25) is 0 Å². The van der Waals surface area contributed by atoms with Gasteiger partial charge in [-0.1, -0.05) is 12.1 Å². The highest BCUT2D eigenvalue weighted by atomic mass is 16.5. The molecule has 4 bridgehead atoms. The molecule has 5 rings (SSSR count). The van der Waals surface area contributed by atoms with Crippen molar-refractivity contribution in [1.82, 2.24) is 10.1 Å². The highest BCUT2D eigenvalue weighted by Crippen LogP contribution is 2.58. The largest absolute Gasteiger partial charge is 0.339 e. The zero-order chi connectivity index (χ0) is 13.0. The van der Waals surface area contributed by atoms with Gasteiger partial charge in [-0.2, -0.15) is 4.98 Å². The molecule has 4 heteroatoms. The van der Waals surface area contributed by atoms with Crippen LogP contribution in [0.3, 0.4) is 0 Å². The Labute approximate surface area is 114 Å². The van der Waals surface area contributed by atoms with E-state index in [1.165, 1.54) is 32.1 Å². The molecule has 4 nitrogen and oxygen atoms in total. The number of nitrogens with zero attached hydrogens (tertiary/aromatic N) is 2. The van der Waals surface area contributed by atoms with Gasteiger partial charge in [0.1, 0.15) is 0 Å². The van der Waals surface area contributed by atoms with Crippen LogP contribution in [-0.2, 0) is 6.42 Å². The summed E-state index contributed by atoms with van der Waals surface area (Å²) in [4.78, 5) is 4.46. The van der Waals surface area contributed by atoms with Crippen LogP contribution in [0.2, 0.25) is 0 Å². The molecule has 0 amide bonds. The van der Waals surface area contributed by atoms with Crippen LogP contribution in [0.4, 0.5) is 0 Å². The molecule has 1 aromatic rings. The normalized spacial score (nSPS) is 41.7. The minimum atomic E-state index is -0.0148. The molecule has 0 saturated heterocycles.